The van der Waals surface area contributed by atoms with Gasteiger partial charge in [-0.2, -0.15) is 0 Å². The van der Waals surface area contributed by atoms with E-state index < -0.39 is 0 Å². The third kappa shape index (κ3) is 2.40. The van der Waals surface area contributed by atoms with Crippen LogP contribution in [-0.4, -0.2) is 22.9 Å². The minimum Gasteiger partial charge on any atom is -0.397 e. The van der Waals surface area contributed by atoms with Crippen LogP contribution in [0.25, 0.3) is 10.1 Å². The summed E-state index contributed by atoms with van der Waals surface area (Å²) in [5.74, 6) is 0.0458. The van der Waals surface area contributed by atoms with Crippen molar-refractivity contribution < 1.29 is 4.79 Å². The molecule has 3 rings (SSSR count). The maximum Gasteiger partial charge on any atom is 0.266 e. The van der Waals surface area contributed by atoms with Gasteiger partial charge in [0.05, 0.1) is 10.7 Å². The second-order valence-corrected chi connectivity index (χ2v) is 7.26. The number of amides is 1. The fourth-order valence-corrected chi connectivity index (χ4v) is 4.65. The molecule has 1 aromatic heterocycles. The van der Waals surface area contributed by atoms with Crippen LogP contribution in [0.3, 0.4) is 0 Å². The van der Waals surface area contributed by atoms with Gasteiger partial charge >= 0.3 is 0 Å². The highest BCUT2D eigenvalue weighted by atomic mass is 35.5. The summed E-state index contributed by atoms with van der Waals surface area (Å²) in [6.45, 7) is 4.23. The molecule has 0 aliphatic carbocycles. The number of likely N-dealkylation sites (tertiary alicyclic amines) is 1. The summed E-state index contributed by atoms with van der Waals surface area (Å²) in [4.78, 5) is 15.5. The number of nitrogen functional groups attached to an aromatic ring is 1. The fraction of sp³-hybridized carbons (Fsp3) is 0.438. The van der Waals surface area contributed by atoms with E-state index in [1.165, 1.54) is 17.8 Å². The van der Waals surface area contributed by atoms with Crippen molar-refractivity contribution in [1.82, 2.24) is 4.90 Å². The molecule has 2 heterocycles. The van der Waals surface area contributed by atoms with Crippen LogP contribution in [0.2, 0.25) is 5.02 Å². The smallest absolute Gasteiger partial charge is 0.266 e. The number of hydrogen-bond acceptors (Lipinski definition) is 3. The fourth-order valence-electron chi connectivity index (χ4n) is 3.23. The third-order valence-electron chi connectivity index (χ3n) is 4.32. The molecule has 0 radical (unpaired) electrons. The standard InChI is InChI=1S/C16H19ClN2OS/c1-9-5-3-6-10(2)19(9)16(20)15-14(18)13-11(17)7-4-8-12(13)21-15/h4,7-10H,3,5-6,18H2,1-2H3/t9-,10+. The first-order chi connectivity index (χ1) is 10.0. The Hall–Kier alpha value is -1.26. The van der Waals surface area contributed by atoms with Crippen LogP contribution >= 0.6 is 22.9 Å². The number of benzene rings is 1. The number of piperidine rings is 1. The Balaban J connectivity index is 2.05. The lowest BCUT2D eigenvalue weighted by Gasteiger charge is -2.38. The molecule has 3 nitrogen and oxygen atoms in total. The molecule has 0 spiro atoms. The molecule has 21 heavy (non-hydrogen) atoms. The number of halogens is 1. The molecule has 1 aromatic carbocycles. The number of nitrogens with two attached hydrogens (primary N) is 1. The zero-order valence-electron chi connectivity index (χ0n) is 12.2. The van der Waals surface area contributed by atoms with Crippen molar-refractivity contribution in [2.45, 2.75) is 45.2 Å². The summed E-state index contributed by atoms with van der Waals surface area (Å²) in [7, 11) is 0. The van der Waals surface area contributed by atoms with E-state index in [2.05, 4.69) is 13.8 Å². The van der Waals surface area contributed by atoms with Gasteiger partial charge < -0.3 is 10.6 Å². The summed E-state index contributed by atoms with van der Waals surface area (Å²) < 4.78 is 0.973. The molecule has 2 N–H and O–H groups in total. The van der Waals surface area contributed by atoms with E-state index in [1.807, 2.05) is 23.1 Å². The molecule has 2 aromatic rings. The number of carbonyl (C=O) groups is 1. The van der Waals surface area contributed by atoms with Crippen molar-refractivity contribution in [1.29, 1.82) is 0 Å². The zero-order chi connectivity index (χ0) is 15.1. The average Bonchev–Trinajstić information content (AvgIpc) is 2.77. The van der Waals surface area contributed by atoms with E-state index >= 15 is 0 Å². The van der Waals surface area contributed by atoms with Crippen molar-refractivity contribution >= 4 is 44.6 Å². The quantitative estimate of drug-likeness (QED) is 0.837. The first-order valence-corrected chi connectivity index (χ1v) is 8.49. The Bertz CT molecular complexity index is 687. The molecule has 5 heteroatoms. The highest BCUT2D eigenvalue weighted by Gasteiger charge is 2.32. The van der Waals surface area contributed by atoms with Crippen LogP contribution in [0.1, 0.15) is 42.8 Å². The van der Waals surface area contributed by atoms with Crippen molar-refractivity contribution in [3.8, 4) is 0 Å². The number of rotatable bonds is 1. The van der Waals surface area contributed by atoms with Crippen LogP contribution in [0.15, 0.2) is 18.2 Å². The number of nitrogens with zero attached hydrogens (tertiary/aromatic N) is 1. The first kappa shape index (κ1) is 14.7. The van der Waals surface area contributed by atoms with Crippen LogP contribution in [0.5, 0.6) is 0 Å². The number of hydrogen-bond donors (Lipinski definition) is 1. The summed E-state index contributed by atoms with van der Waals surface area (Å²) in [6, 6.07) is 6.19. The van der Waals surface area contributed by atoms with E-state index in [0.29, 0.717) is 15.6 Å². The molecule has 1 amide bonds. The normalized spacial score (nSPS) is 22.7. The maximum absolute atomic E-state index is 12.9. The molecule has 2 atom stereocenters. The van der Waals surface area contributed by atoms with Crippen molar-refractivity contribution in [2.24, 2.45) is 0 Å². The van der Waals surface area contributed by atoms with Crippen LogP contribution in [0, 0.1) is 0 Å². The second kappa shape index (κ2) is 5.50. The molecule has 1 saturated heterocycles. The molecular weight excluding hydrogens is 304 g/mol. The molecule has 1 aliphatic rings. The average molecular weight is 323 g/mol. The van der Waals surface area contributed by atoms with Gasteiger partial charge in [-0.15, -0.1) is 11.3 Å². The van der Waals surface area contributed by atoms with E-state index in [-0.39, 0.29) is 18.0 Å². The minimum absolute atomic E-state index is 0.0458. The Morgan fingerprint density at radius 1 is 1.33 bits per heavy atom. The zero-order valence-corrected chi connectivity index (χ0v) is 13.8. The topological polar surface area (TPSA) is 46.3 Å². The van der Waals surface area contributed by atoms with Gasteiger partial charge in [-0.3, -0.25) is 4.79 Å². The second-order valence-electron chi connectivity index (χ2n) is 5.80. The van der Waals surface area contributed by atoms with Gasteiger partial charge in [0.2, 0.25) is 0 Å². The van der Waals surface area contributed by atoms with Gasteiger partial charge in [-0.05, 0) is 45.2 Å². The Morgan fingerprint density at radius 3 is 2.62 bits per heavy atom. The number of carbonyl (C=O) groups excluding carboxylic acids is 1. The highest BCUT2D eigenvalue weighted by Crippen LogP contribution is 2.39. The lowest BCUT2D eigenvalue weighted by atomic mass is 9.97. The summed E-state index contributed by atoms with van der Waals surface area (Å²) >= 11 is 7.67. The molecule has 1 fully saturated rings. The highest BCUT2D eigenvalue weighted by molar-refractivity contribution is 7.21. The van der Waals surface area contributed by atoms with Crippen molar-refractivity contribution in [2.75, 3.05) is 5.73 Å². The molecule has 0 saturated carbocycles. The van der Waals surface area contributed by atoms with Crippen molar-refractivity contribution in [3.63, 3.8) is 0 Å². The summed E-state index contributed by atoms with van der Waals surface area (Å²) in [6.07, 6.45) is 3.29. The SMILES string of the molecule is C[C@@H]1CCC[C@H](C)N1C(=O)c1sc2cccc(Cl)c2c1N. The lowest BCUT2D eigenvalue weighted by molar-refractivity contribution is 0.0517. The van der Waals surface area contributed by atoms with E-state index in [1.54, 1.807) is 0 Å². The van der Waals surface area contributed by atoms with Gasteiger partial charge in [-0.25, -0.2) is 0 Å². The van der Waals surface area contributed by atoms with E-state index in [0.717, 1.165) is 22.9 Å². The van der Waals surface area contributed by atoms with Gasteiger partial charge in [0, 0.05) is 22.2 Å². The van der Waals surface area contributed by atoms with Crippen LogP contribution in [-0.2, 0) is 0 Å². The predicted molar refractivity (Wildman–Crippen MR) is 90.2 cm³/mol. The van der Waals surface area contributed by atoms with Gasteiger partial charge in [0.15, 0.2) is 0 Å². The first-order valence-electron chi connectivity index (χ1n) is 7.30. The van der Waals surface area contributed by atoms with Crippen LogP contribution < -0.4 is 5.73 Å². The minimum atomic E-state index is 0.0458. The predicted octanol–water partition coefficient (Wildman–Crippen LogP) is 4.54. The number of anilines is 1. The molecule has 1 aliphatic heterocycles. The van der Waals surface area contributed by atoms with Gasteiger partial charge in [0.1, 0.15) is 4.88 Å². The number of thiophene rings is 1. The Labute approximate surface area is 133 Å². The van der Waals surface area contributed by atoms with Crippen molar-refractivity contribution in [3.05, 3.63) is 28.1 Å². The molecule has 0 unspecified atom stereocenters. The van der Waals surface area contributed by atoms with E-state index in [9.17, 15) is 4.79 Å². The van der Waals surface area contributed by atoms with E-state index in [4.69, 9.17) is 17.3 Å². The Morgan fingerprint density at radius 2 is 2.00 bits per heavy atom. The number of fused-ring (bicyclic) bond motifs is 1. The van der Waals surface area contributed by atoms with Gasteiger partial charge in [0.25, 0.3) is 5.91 Å². The summed E-state index contributed by atoms with van der Waals surface area (Å²) in [5, 5.41) is 1.42. The molecule has 0 bridgehead atoms. The monoisotopic (exact) mass is 322 g/mol. The van der Waals surface area contributed by atoms with Crippen LogP contribution in [0.4, 0.5) is 5.69 Å². The Kier molecular flexibility index (Phi) is 3.84. The molecule has 112 valence electrons. The maximum atomic E-state index is 12.9. The largest absolute Gasteiger partial charge is 0.397 e. The molecular formula is C16H19ClN2OS. The van der Waals surface area contributed by atoms with Gasteiger partial charge in [-0.1, -0.05) is 17.7 Å². The third-order valence-corrected chi connectivity index (χ3v) is 5.80. The lowest BCUT2D eigenvalue weighted by Crippen LogP contribution is -2.47. The summed E-state index contributed by atoms with van der Waals surface area (Å²) in [5.41, 5.74) is 6.74.